The SMILES string of the molecule is CC(C)CCOc1nc(N2CCC[C@@H](CC(=O)O)C2)ccc1C(=O)NC1CCCCC1.O=C(O)C[C@@H]1CCCN(c2ccc(C(=O)NC3CCCCC3)c(OCCCc3ccccc3)n2)C1. The minimum absolute atomic E-state index is 0.104. The Labute approximate surface area is 391 Å². The number of aromatic nitrogens is 2. The number of aryl methyl sites for hydroxylation is 1. The van der Waals surface area contributed by atoms with Gasteiger partial charge in [-0.3, -0.25) is 19.2 Å². The van der Waals surface area contributed by atoms with Gasteiger partial charge in [0.2, 0.25) is 11.8 Å². The molecule has 4 N–H and O–H groups in total. The van der Waals surface area contributed by atoms with E-state index < -0.39 is 11.9 Å². The van der Waals surface area contributed by atoms with Gasteiger partial charge in [0, 0.05) is 51.1 Å². The fourth-order valence-electron chi connectivity index (χ4n) is 9.65. The van der Waals surface area contributed by atoms with Crippen LogP contribution in [-0.2, 0) is 16.0 Å². The van der Waals surface area contributed by atoms with Crippen molar-refractivity contribution in [2.45, 2.75) is 148 Å². The van der Waals surface area contributed by atoms with Gasteiger partial charge in [-0.15, -0.1) is 0 Å². The number of hydrogen-bond donors (Lipinski definition) is 4. The van der Waals surface area contributed by atoms with Crippen molar-refractivity contribution in [1.82, 2.24) is 20.6 Å². The van der Waals surface area contributed by atoms with Crippen LogP contribution in [0.25, 0.3) is 0 Å². The summed E-state index contributed by atoms with van der Waals surface area (Å²) in [6.07, 6.45) is 17.8. The van der Waals surface area contributed by atoms with Crippen LogP contribution in [-0.4, -0.2) is 95.4 Å². The van der Waals surface area contributed by atoms with Gasteiger partial charge in [-0.25, -0.2) is 0 Å². The molecule has 7 rings (SSSR count). The van der Waals surface area contributed by atoms with Crippen LogP contribution in [0.4, 0.5) is 11.6 Å². The van der Waals surface area contributed by atoms with Crippen LogP contribution in [0.5, 0.6) is 11.8 Å². The molecule has 2 amide bonds. The molecule has 4 aliphatic rings. The molecule has 2 saturated carbocycles. The molecule has 2 aliphatic heterocycles. The molecule has 14 heteroatoms. The minimum Gasteiger partial charge on any atom is -0.481 e. The number of carboxylic acid groups (broad SMARTS) is 2. The second kappa shape index (κ2) is 26.1. The van der Waals surface area contributed by atoms with Gasteiger partial charge in [-0.1, -0.05) is 82.7 Å². The third-order valence-electron chi connectivity index (χ3n) is 13.3. The smallest absolute Gasteiger partial charge is 0.303 e. The van der Waals surface area contributed by atoms with Gasteiger partial charge in [0.05, 0.1) is 13.2 Å². The number of rotatable bonds is 19. The molecule has 3 aromatic rings. The number of ether oxygens (including phenoxy) is 2. The second-order valence-corrected chi connectivity index (χ2v) is 19.2. The fourth-order valence-corrected chi connectivity index (χ4v) is 9.65. The lowest BCUT2D eigenvalue weighted by Gasteiger charge is -2.33. The Morgan fingerprint density at radius 1 is 0.621 bits per heavy atom. The van der Waals surface area contributed by atoms with Gasteiger partial charge in [-0.2, -0.15) is 9.97 Å². The number of carbonyl (C=O) groups excluding carboxylic acids is 2. The number of aliphatic carboxylic acids is 2. The summed E-state index contributed by atoms with van der Waals surface area (Å²) in [6, 6.07) is 18.1. The molecule has 14 nitrogen and oxygen atoms in total. The number of nitrogens with one attached hydrogen (secondary N) is 2. The average molecular weight is 911 g/mol. The standard InChI is InChI=1S/C28H37N3O4.C24H37N3O4/c32-26(33)19-22-11-7-17-31(20-22)25-16-15-24(27(34)29-23-13-5-2-6-14-23)28(30-25)35-18-8-12-21-9-3-1-4-10-21;1-17(2)12-14-31-24-20(23(30)25-19-8-4-3-5-9-19)10-11-21(26-24)27-13-6-7-18(16-27)15-22(28)29/h1,3-4,9-10,15-16,22-23H,2,5-8,11-14,17-20H2,(H,29,34)(H,32,33);10-11,17-19H,3-9,12-16H2,1-2H3,(H,25,30)(H,28,29)/t22-;18-/m00/s1. The Balaban J connectivity index is 0.000000220. The summed E-state index contributed by atoms with van der Waals surface area (Å²) < 4.78 is 12.1. The van der Waals surface area contributed by atoms with E-state index in [1.807, 2.05) is 42.5 Å². The molecule has 1 aromatic carbocycles. The predicted molar refractivity (Wildman–Crippen MR) is 257 cm³/mol. The van der Waals surface area contributed by atoms with Gasteiger partial charge in [0.15, 0.2) is 0 Å². The summed E-state index contributed by atoms with van der Waals surface area (Å²) in [6.45, 7) is 8.24. The molecule has 2 atom stereocenters. The molecule has 4 heterocycles. The number of piperidine rings is 2. The first-order chi connectivity index (χ1) is 32.0. The second-order valence-electron chi connectivity index (χ2n) is 19.2. The molecule has 0 radical (unpaired) electrons. The summed E-state index contributed by atoms with van der Waals surface area (Å²) in [4.78, 5) is 62.2. The van der Waals surface area contributed by atoms with Crippen molar-refractivity contribution in [2.24, 2.45) is 17.8 Å². The summed E-state index contributed by atoms with van der Waals surface area (Å²) in [7, 11) is 0. The highest BCUT2D eigenvalue weighted by molar-refractivity contribution is 5.97. The van der Waals surface area contributed by atoms with Crippen LogP contribution in [0, 0.1) is 17.8 Å². The highest BCUT2D eigenvalue weighted by atomic mass is 16.5. The van der Waals surface area contributed by atoms with E-state index in [4.69, 9.17) is 24.5 Å². The van der Waals surface area contributed by atoms with Crippen LogP contribution < -0.4 is 29.9 Å². The van der Waals surface area contributed by atoms with Crippen LogP contribution in [0.3, 0.4) is 0 Å². The fraction of sp³-hybridized carbons (Fsp3) is 0.615. The zero-order valence-electron chi connectivity index (χ0n) is 39.4. The van der Waals surface area contributed by atoms with E-state index >= 15 is 0 Å². The van der Waals surface area contributed by atoms with Crippen LogP contribution in [0.1, 0.15) is 156 Å². The molecule has 2 aromatic heterocycles. The van der Waals surface area contributed by atoms with Gasteiger partial charge in [0.25, 0.3) is 11.8 Å². The Hall–Kier alpha value is -5.40. The first-order valence-electron chi connectivity index (χ1n) is 24.9. The van der Waals surface area contributed by atoms with E-state index in [2.05, 4.69) is 46.4 Å². The minimum atomic E-state index is -0.762. The molecule has 0 unspecified atom stereocenters. The molecule has 360 valence electrons. The van der Waals surface area contributed by atoms with Gasteiger partial charge in [-0.05, 0) is 118 Å². The maximum Gasteiger partial charge on any atom is 0.303 e. The van der Waals surface area contributed by atoms with E-state index in [-0.39, 0.29) is 48.6 Å². The van der Waals surface area contributed by atoms with Crippen LogP contribution in [0.2, 0.25) is 0 Å². The molecule has 4 fully saturated rings. The maximum atomic E-state index is 13.1. The molecule has 2 saturated heterocycles. The maximum absolute atomic E-state index is 13.1. The van der Waals surface area contributed by atoms with Crippen molar-refractivity contribution in [3.8, 4) is 11.8 Å². The van der Waals surface area contributed by atoms with Crippen LogP contribution >= 0.6 is 0 Å². The van der Waals surface area contributed by atoms with Gasteiger partial charge >= 0.3 is 11.9 Å². The van der Waals surface area contributed by atoms with E-state index in [1.165, 1.54) is 18.4 Å². The lowest BCUT2D eigenvalue weighted by Crippen LogP contribution is -2.38. The van der Waals surface area contributed by atoms with Crippen molar-refractivity contribution in [1.29, 1.82) is 0 Å². The Bertz CT molecular complexity index is 2000. The predicted octanol–water partition coefficient (Wildman–Crippen LogP) is 9.11. The third kappa shape index (κ3) is 16.2. The van der Waals surface area contributed by atoms with Crippen molar-refractivity contribution in [3.05, 3.63) is 71.3 Å². The van der Waals surface area contributed by atoms with E-state index in [0.717, 1.165) is 121 Å². The zero-order chi connectivity index (χ0) is 46.7. The number of hydrogen-bond acceptors (Lipinski definition) is 10. The molecule has 66 heavy (non-hydrogen) atoms. The number of carboxylic acids is 2. The monoisotopic (exact) mass is 911 g/mol. The molecular weight excluding hydrogens is 837 g/mol. The Morgan fingerprint density at radius 2 is 1.09 bits per heavy atom. The summed E-state index contributed by atoms with van der Waals surface area (Å²) >= 11 is 0. The van der Waals surface area contributed by atoms with E-state index in [1.54, 1.807) is 0 Å². The summed E-state index contributed by atoms with van der Waals surface area (Å²) in [5.74, 6) is 1.20. The third-order valence-corrected chi connectivity index (χ3v) is 13.3. The highest BCUT2D eigenvalue weighted by Gasteiger charge is 2.28. The van der Waals surface area contributed by atoms with Crippen molar-refractivity contribution in [3.63, 3.8) is 0 Å². The lowest BCUT2D eigenvalue weighted by molar-refractivity contribution is -0.139. The largest absolute Gasteiger partial charge is 0.481 e. The molecule has 0 spiro atoms. The normalized spacial score (nSPS) is 19.3. The number of carbonyl (C=O) groups is 4. The Morgan fingerprint density at radius 3 is 1.55 bits per heavy atom. The van der Waals surface area contributed by atoms with E-state index in [9.17, 15) is 24.3 Å². The van der Waals surface area contributed by atoms with Crippen molar-refractivity contribution < 1.29 is 38.9 Å². The van der Waals surface area contributed by atoms with Crippen molar-refractivity contribution in [2.75, 3.05) is 49.2 Å². The Kier molecular flexibility index (Phi) is 19.8. The van der Waals surface area contributed by atoms with E-state index in [0.29, 0.717) is 55.1 Å². The lowest BCUT2D eigenvalue weighted by atomic mass is 9.95. The molecule has 2 aliphatic carbocycles. The van der Waals surface area contributed by atoms with Crippen molar-refractivity contribution >= 4 is 35.4 Å². The van der Waals surface area contributed by atoms with Gasteiger partial charge < -0.3 is 40.1 Å². The molecular formula is C52H74N6O8. The number of anilines is 2. The molecule has 0 bridgehead atoms. The first kappa shape index (κ1) is 50.0. The van der Waals surface area contributed by atoms with Crippen LogP contribution in [0.15, 0.2) is 54.6 Å². The average Bonchev–Trinajstić information content (AvgIpc) is 3.31. The summed E-state index contributed by atoms with van der Waals surface area (Å²) in [5, 5.41) is 24.7. The van der Waals surface area contributed by atoms with Gasteiger partial charge in [0.1, 0.15) is 22.8 Å². The number of benzene rings is 1. The number of amides is 2. The number of pyridine rings is 2. The zero-order valence-corrected chi connectivity index (χ0v) is 39.4. The first-order valence-corrected chi connectivity index (χ1v) is 24.9. The summed E-state index contributed by atoms with van der Waals surface area (Å²) in [5.41, 5.74) is 2.21. The highest BCUT2D eigenvalue weighted by Crippen LogP contribution is 2.30. The quantitative estimate of drug-likeness (QED) is 0.0839. The number of nitrogens with zero attached hydrogens (tertiary/aromatic N) is 4. The topological polar surface area (TPSA) is 184 Å².